The number of hydrogen-bond donors (Lipinski definition) is 1. The Morgan fingerprint density at radius 3 is 3.00 bits per heavy atom. The Labute approximate surface area is 138 Å². The van der Waals surface area contributed by atoms with E-state index in [1.165, 1.54) is 0 Å². The number of benzene rings is 1. The lowest BCUT2D eigenvalue weighted by Crippen LogP contribution is -2.35. The van der Waals surface area contributed by atoms with Crippen molar-refractivity contribution in [3.63, 3.8) is 0 Å². The molecule has 5 nitrogen and oxygen atoms in total. The van der Waals surface area contributed by atoms with Crippen LogP contribution in [0.5, 0.6) is 0 Å². The van der Waals surface area contributed by atoms with E-state index in [2.05, 4.69) is 14.9 Å². The van der Waals surface area contributed by atoms with Crippen molar-refractivity contribution in [3.05, 3.63) is 47.6 Å². The molecule has 23 heavy (non-hydrogen) atoms. The zero-order valence-electron chi connectivity index (χ0n) is 12.7. The Morgan fingerprint density at radius 2 is 2.13 bits per heavy atom. The number of H-pyrrole nitrogens is 1. The molecule has 0 spiro atoms. The van der Waals surface area contributed by atoms with Crippen LogP contribution in [0.15, 0.2) is 42.0 Å². The highest BCUT2D eigenvalue weighted by molar-refractivity contribution is 7.13. The van der Waals surface area contributed by atoms with Crippen LogP contribution in [0.3, 0.4) is 0 Å². The van der Waals surface area contributed by atoms with Crippen molar-refractivity contribution in [3.8, 4) is 0 Å². The summed E-state index contributed by atoms with van der Waals surface area (Å²) in [5, 5.41) is 4.04. The monoisotopic (exact) mass is 326 g/mol. The lowest BCUT2D eigenvalue weighted by Gasteiger charge is -2.22. The summed E-state index contributed by atoms with van der Waals surface area (Å²) in [4.78, 5) is 24.7. The first-order valence-corrected chi connectivity index (χ1v) is 8.71. The minimum atomic E-state index is 0.121. The van der Waals surface area contributed by atoms with Crippen LogP contribution < -0.4 is 4.90 Å². The largest absolute Gasteiger partial charge is 0.361 e. The van der Waals surface area contributed by atoms with E-state index in [0.29, 0.717) is 0 Å². The highest BCUT2D eigenvalue weighted by atomic mass is 32.1. The maximum Gasteiger partial charge on any atom is 0.254 e. The van der Waals surface area contributed by atoms with Gasteiger partial charge in [-0.15, -0.1) is 11.3 Å². The molecular formula is C17H18N4OS. The predicted molar refractivity (Wildman–Crippen MR) is 93.1 cm³/mol. The summed E-state index contributed by atoms with van der Waals surface area (Å²) in [6, 6.07) is 7.83. The van der Waals surface area contributed by atoms with Crippen LogP contribution in [0, 0.1) is 0 Å². The Balaban J connectivity index is 1.54. The molecule has 6 heteroatoms. The number of thiazole rings is 1. The second-order valence-corrected chi connectivity index (χ2v) is 6.56. The number of rotatable bonds is 2. The van der Waals surface area contributed by atoms with Gasteiger partial charge in [0.25, 0.3) is 5.91 Å². The summed E-state index contributed by atoms with van der Waals surface area (Å²) < 4.78 is 0. The lowest BCUT2D eigenvalue weighted by atomic mass is 10.1. The van der Waals surface area contributed by atoms with Gasteiger partial charge in [-0.25, -0.2) is 4.98 Å². The molecule has 2 aromatic heterocycles. The predicted octanol–water partition coefficient (Wildman–Crippen LogP) is 2.98. The molecule has 0 unspecified atom stereocenters. The van der Waals surface area contributed by atoms with Gasteiger partial charge in [0, 0.05) is 60.4 Å². The van der Waals surface area contributed by atoms with Gasteiger partial charge in [0.15, 0.2) is 5.13 Å². The fraction of sp³-hybridized carbons (Fsp3) is 0.294. The molecule has 1 aliphatic heterocycles. The minimum absolute atomic E-state index is 0.121. The number of nitrogens with zero attached hydrogens (tertiary/aromatic N) is 3. The van der Waals surface area contributed by atoms with Gasteiger partial charge < -0.3 is 14.8 Å². The second kappa shape index (κ2) is 6.04. The zero-order chi connectivity index (χ0) is 15.6. The number of anilines is 1. The van der Waals surface area contributed by atoms with E-state index in [1.807, 2.05) is 46.9 Å². The molecule has 3 heterocycles. The summed E-state index contributed by atoms with van der Waals surface area (Å²) in [5.74, 6) is 0.121. The fourth-order valence-corrected chi connectivity index (χ4v) is 3.82. The van der Waals surface area contributed by atoms with Crippen molar-refractivity contribution in [1.82, 2.24) is 14.9 Å². The summed E-state index contributed by atoms with van der Waals surface area (Å²) in [6.07, 6.45) is 4.68. The summed E-state index contributed by atoms with van der Waals surface area (Å²) >= 11 is 1.65. The second-order valence-electron chi connectivity index (χ2n) is 5.69. The zero-order valence-corrected chi connectivity index (χ0v) is 13.6. The maximum atomic E-state index is 12.9. The number of hydrogen-bond acceptors (Lipinski definition) is 4. The van der Waals surface area contributed by atoms with Crippen LogP contribution in [0.1, 0.15) is 16.8 Å². The fourth-order valence-electron chi connectivity index (χ4n) is 3.13. The summed E-state index contributed by atoms with van der Waals surface area (Å²) in [7, 11) is 0. The first kappa shape index (κ1) is 14.3. The van der Waals surface area contributed by atoms with Crippen molar-refractivity contribution in [2.24, 2.45) is 0 Å². The molecule has 0 radical (unpaired) electrons. The van der Waals surface area contributed by atoms with E-state index >= 15 is 0 Å². The van der Waals surface area contributed by atoms with Gasteiger partial charge in [-0.2, -0.15) is 0 Å². The summed E-state index contributed by atoms with van der Waals surface area (Å²) in [6.45, 7) is 3.31. The van der Waals surface area contributed by atoms with Crippen molar-refractivity contribution < 1.29 is 4.79 Å². The standard InChI is InChI=1S/C17H18N4OS/c22-16(14-3-1-4-15-13(14)5-6-18-15)20-8-2-9-21(11-10-20)17-19-7-12-23-17/h1,3-7,12,18H,2,8-11H2. The molecule has 0 aliphatic carbocycles. The third-order valence-corrected chi connectivity index (χ3v) is 5.13. The van der Waals surface area contributed by atoms with Crippen LogP contribution in [0.2, 0.25) is 0 Å². The summed E-state index contributed by atoms with van der Waals surface area (Å²) in [5.41, 5.74) is 1.79. The number of carbonyl (C=O) groups is 1. The van der Waals surface area contributed by atoms with Crippen molar-refractivity contribution in [1.29, 1.82) is 0 Å². The van der Waals surface area contributed by atoms with Crippen molar-refractivity contribution in [2.45, 2.75) is 6.42 Å². The molecule has 1 aliphatic rings. The van der Waals surface area contributed by atoms with E-state index in [0.717, 1.165) is 54.2 Å². The van der Waals surface area contributed by atoms with Crippen molar-refractivity contribution in [2.75, 3.05) is 31.1 Å². The quantitative estimate of drug-likeness (QED) is 0.788. The van der Waals surface area contributed by atoms with E-state index in [-0.39, 0.29) is 5.91 Å². The van der Waals surface area contributed by atoms with E-state index in [4.69, 9.17) is 0 Å². The number of aromatic amines is 1. The van der Waals surface area contributed by atoms with Gasteiger partial charge in [0.2, 0.25) is 0 Å². The lowest BCUT2D eigenvalue weighted by molar-refractivity contribution is 0.0769. The molecule has 4 rings (SSSR count). The van der Waals surface area contributed by atoms with Crippen molar-refractivity contribution >= 4 is 33.3 Å². The molecular weight excluding hydrogens is 308 g/mol. The molecule has 0 atom stereocenters. The van der Waals surface area contributed by atoms with Gasteiger partial charge in [-0.1, -0.05) is 6.07 Å². The number of nitrogens with one attached hydrogen (secondary N) is 1. The van der Waals surface area contributed by atoms with Crippen LogP contribution >= 0.6 is 11.3 Å². The van der Waals surface area contributed by atoms with Gasteiger partial charge in [0.05, 0.1) is 0 Å². The smallest absolute Gasteiger partial charge is 0.254 e. The number of amides is 1. The molecule has 1 aromatic carbocycles. The van der Waals surface area contributed by atoms with E-state index in [1.54, 1.807) is 11.3 Å². The first-order chi connectivity index (χ1) is 11.3. The highest BCUT2D eigenvalue weighted by Crippen LogP contribution is 2.22. The molecule has 1 amide bonds. The third kappa shape index (κ3) is 2.70. The molecule has 0 saturated carbocycles. The van der Waals surface area contributed by atoms with Gasteiger partial charge in [-0.05, 0) is 24.6 Å². The van der Waals surface area contributed by atoms with E-state index < -0.39 is 0 Å². The van der Waals surface area contributed by atoms with Gasteiger partial charge >= 0.3 is 0 Å². The van der Waals surface area contributed by atoms with Crippen LogP contribution in [-0.2, 0) is 0 Å². The Bertz CT molecular complexity index is 811. The topological polar surface area (TPSA) is 52.2 Å². The Kier molecular flexibility index (Phi) is 3.75. The number of aromatic nitrogens is 2. The van der Waals surface area contributed by atoms with Crippen LogP contribution in [0.25, 0.3) is 10.9 Å². The average molecular weight is 326 g/mol. The molecule has 3 aromatic rings. The van der Waals surface area contributed by atoms with Gasteiger partial charge in [0.1, 0.15) is 0 Å². The average Bonchev–Trinajstić information content (AvgIpc) is 3.21. The van der Waals surface area contributed by atoms with Gasteiger partial charge in [-0.3, -0.25) is 4.79 Å². The van der Waals surface area contributed by atoms with Crippen LogP contribution in [-0.4, -0.2) is 47.0 Å². The highest BCUT2D eigenvalue weighted by Gasteiger charge is 2.22. The molecule has 118 valence electrons. The number of fused-ring (bicyclic) bond motifs is 1. The number of carbonyl (C=O) groups excluding carboxylic acids is 1. The molecule has 1 N–H and O–H groups in total. The molecule has 1 saturated heterocycles. The molecule has 0 bridgehead atoms. The van der Waals surface area contributed by atoms with E-state index in [9.17, 15) is 4.79 Å². The third-order valence-electron chi connectivity index (χ3n) is 4.30. The first-order valence-electron chi connectivity index (χ1n) is 7.83. The minimum Gasteiger partial charge on any atom is -0.361 e. The molecule has 1 fully saturated rings. The Hall–Kier alpha value is -2.34. The van der Waals surface area contributed by atoms with Crippen LogP contribution in [0.4, 0.5) is 5.13 Å². The normalized spacial score (nSPS) is 15.8. The Morgan fingerprint density at radius 1 is 1.17 bits per heavy atom. The maximum absolute atomic E-state index is 12.9. The SMILES string of the molecule is O=C(c1cccc2[nH]ccc12)N1CCCN(c2nccs2)CC1.